The van der Waals surface area contributed by atoms with E-state index in [0.717, 1.165) is 56.1 Å². The maximum absolute atomic E-state index is 14.4. The second-order valence-corrected chi connectivity index (χ2v) is 9.26. The number of benzene rings is 2. The summed E-state index contributed by atoms with van der Waals surface area (Å²) in [5, 5.41) is 3.05. The number of halogens is 3. The number of nitrogens with zero attached hydrogens (tertiary/aromatic N) is 5. The first kappa shape index (κ1) is 23.0. The Morgan fingerprint density at radius 2 is 1.79 bits per heavy atom. The van der Waals surface area contributed by atoms with E-state index in [1.165, 1.54) is 5.56 Å². The van der Waals surface area contributed by atoms with E-state index in [9.17, 15) is 8.78 Å². The standard InChI is InChI=1S/C25H27ClF2N6/c1-32-9-11-33(12-10-32)15-17-3-2-4-18(13-17)22-14-30-24-25(31-22)34(8-7-29-24)16-19-20(27)5-6-21(28)23(19)26/h2-6,13-14H,7-12,15-16H2,1H3,(H,29,30). The van der Waals surface area contributed by atoms with Crippen LogP contribution < -0.4 is 10.2 Å². The number of hydrogen-bond donors (Lipinski definition) is 1. The molecule has 2 aliphatic rings. The van der Waals surface area contributed by atoms with E-state index in [1.807, 2.05) is 17.0 Å². The van der Waals surface area contributed by atoms with Gasteiger partial charge in [-0.25, -0.2) is 18.7 Å². The molecule has 0 spiro atoms. The van der Waals surface area contributed by atoms with Gasteiger partial charge in [-0.3, -0.25) is 4.90 Å². The fourth-order valence-electron chi connectivity index (χ4n) is 4.43. The third-order valence-corrected chi connectivity index (χ3v) is 6.85. The van der Waals surface area contributed by atoms with Gasteiger partial charge in [-0.05, 0) is 30.8 Å². The molecular formula is C25H27ClF2N6. The van der Waals surface area contributed by atoms with Crippen LogP contribution in [-0.4, -0.2) is 66.1 Å². The fraction of sp³-hybridized carbons (Fsp3) is 0.360. The molecule has 0 amide bonds. The molecule has 1 fully saturated rings. The Kier molecular flexibility index (Phi) is 6.63. The van der Waals surface area contributed by atoms with Crippen LogP contribution in [0.3, 0.4) is 0 Å². The maximum Gasteiger partial charge on any atom is 0.172 e. The van der Waals surface area contributed by atoms with Crippen molar-refractivity contribution in [2.24, 2.45) is 0 Å². The quantitative estimate of drug-likeness (QED) is 0.546. The Morgan fingerprint density at radius 3 is 2.62 bits per heavy atom. The Balaban J connectivity index is 1.40. The second kappa shape index (κ2) is 9.82. The minimum atomic E-state index is -0.634. The van der Waals surface area contributed by atoms with E-state index in [-0.39, 0.29) is 17.1 Å². The largest absolute Gasteiger partial charge is 0.365 e. The third kappa shape index (κ3) is 4.85. The summed E-state index contributed by atoms with van der Waals surface area (Å²) in [5.41, 5.74) is 3.06. The summed E-state index contributed by atoms with van der Waals surface area (Å²) in [6.45, 7) is 6.46. The number of fused-ring (bicyclic) bond motifs is 1. The molecule has 9 heteroatoms. The predicted molar refractivity (Wildman–Crippen MR) is 131 cm³/mol. The maximum atomic E-state index is 14.4. The van der Waals surface area contributed by atoms with Crippen molar-refractivity contribution in [3.63, 3.8) is 0 Å². The molecule has 0 atom stereocenters. The van der Waals surface area contributed by atoms with Crippen LogP contribution in [0.25, 0.3) is 11.3 Å². The number of hydrogen-bond acceptors (Lipinski definition) is 6. The normalized spacial score (nSPS) is 16.9. The zero-order valence-corrected chi connectivity index (χ0v) is 19.8. The SMILES string of the molecule is CN1CCN(Cc2cccc(-c3cnc4c(n3)N(Cc3c(F)ccc(F)c3Cl)CCN4)c2)CC1. The molecule has 0 saturated carbocycles. The van der Waals surface area contributed by atoms with E-state index in [2.05, 4.69) is 39.3 Å². The van der Waals surface area contributed by atoms with Crippen LogP contribution in [0.1, 0.15) is 11.1 Å². The number of rotatable bonds is 5. The van der Waals surface area contributed by atoms with Gasteiger partial charge in [-0.1, -0.05) is 29.8 Å². The lowest BCUT2D eigenvalue weighted by atomic mass is 10.1. The summed E-state index contributed by atoms with van der Waals surface area (Å²) in [6.07, 6.45) is 1.75. The highest BCUT2D eigenvalue weighted by molar-refractivity contribution is 6.31. The molecule has 1 aromatic heterocycles. The van der Waals surface area contributed by atoms with Gasteiger partial charge in [-0.15, -0.1) is 0 Å². The smallest absolute Gasteiger partial charge is 0.172 e. The zero-order chi connectivity index (χ0) is 23.7. The molecule has 34 heavy (non-hydrogen) atoms. The average molecular weight is 485 g/mol. The average Bonchev–Trinajstić information content (AvgIpc) is 2.85. The van der Waals surface area contributed by atoms with Crippen molar-refractivity contribution in [2.45, 2.75) is 13.1 Å². The number of anilines is 2. The van der Waals surface area contributed by atoms with E-state index >= 15 is 0 Å². The van der Waals surface area contributed by atoms with Crippen molar-refractivity contribution in [1.29, 1.82) is 0 Å². The van der Waals surface area contributed by atoms with E-state index in [0.29, 0.717) is 24.7 Å². The first-order valence-electron chi connectivity index (χ1n) is 11.5. The van der Waals surface area contributed by atoms with Crippen molar-refractivity contribution >= 4 is 23.2 Å². The van der Waals surface area contributed by atoms with Crippen molar-refractivity contribution in [2.75, 3.05) is 56.5 Å². The minimum absolute atomic E-state index is 0.110. The molecule has 0 aliphatic carbocycles. The van der Waals surface area contributed by atoms with Gasteiger partial charge in [0.2, 0.25) is 0 Å². The van der Waals surface area contributed by atoms with Crippen LogP contribution in [0.2, 0.25) is 5.02 Å². The highest BCUT2D eigenvalue weighted by Gasteiger charge is 2.24. The Bertz CT molecular complexity index is 1180. The van der Waals surface area contributed by atoms with Crippen LogP contribution >= 0.6 is 11.6 Å². The molecule has 0 bridgehead atoms. The molecule has 0 radical (unpaired) electrons. The van der Waals surface area contributed by atoms with Crippen LogP contribution in [0, 0.1) is 11.6 Å². The molecule has 1 saturated heterocycles. The summed E-state index contributed by atoms with van der Waals surface area (Å²) in [7, 11) is 2.15. The van der Waals surface area contributed by atoms with Gasteiger partial charge in [0.1, 0.15) is 11.6 Å². The summed E-state index contributed by atoms with van der Waals surface area (Å²) >= 11 is 6.08. The van der Waals surface area contributed by atoms with Gasteiger partial charge in [0.15, 0.2) is 11.6 Å². The second-order valence-electron chi connectivity index (χ2n) is 8.88. The highest BCUT2D eigenvalue weighted by Crippen LogP contribution is 2.32. The highest BCUT2D eigenvalue weighted by atomic mass is 35.5. The number of nitrogens with one attached hydrogen (secondary N) is 1. The van der Waals surface area contributed by atoms with E-state index in [4.69, 9.17) is 16.6 Å². The van der Waals surface area contributed by atoms with Crippen molar-refractivity contribution < 1.29 is 8.78 Å². The predicted octanol–water partition coefficient (Wildman–Crippen LogP) is 4.25. The van der Waals surface area contributed by atoms with Gasteiger partial charge < -0.3 is 15.1 Å². The van der Waals surface area contributed by atoms with Crippen LogP contribution in [0.4, 0.5) is 20.4 Å². The summed E-state index contributed by atoms with van der Waals surface area (Å²) in [4.78, 5) is 16.1. The van der Waals surface area contributed by atoms with Gasteiger partial charge in [0.05, 0.1) is 16.9 Å². The molecule has 178 valence electrons. The lowest BCUT2D eigenvalue weighted by molar-refractivity contribution is 0.148. The molecular weight excluding hydrogens is 458 g/mol. The first-order valence-corrected chi connectivity index (χ1v) is 11.8. The summed E-state index contributed by atoms with van der Waals surface area (Å²) < 4.78 is 28.4. The van der Waals surface area contributed by atoms with Gasteiger partial charge in [-0.2, -0.15) is 0 Å². The van der Waals surface area contributed by atoms with Crippen LogP contribution in [0.5, 0.6) is 0 Å². The Hall–Kier alpha value is -2.81. The van der Waals surface area contributed by atoms with Crippen molar-refractivity contribution in [3.8, 4) is 11.3 Å². The van der Waals surface area contributed by atoms with E-state index in [1.54, 1.807) is 6.20 Å². The molecule has 0 unspecified atom stereocenters. The van der Waals surface area contributed by atoms with Crippen LogP contribution in [0.15, 0.2) is 42.6 Å². The molecule has 2 aromatic carbocycles. The summed E-state index contributed by atoms with van der Waals surface area (Å²) in [6, 6.07) is 10.5. The topological polar surface area (TPSA) is 47.5 Å². The molecule has 5 rings (SSSR count). The monoisotopic (exact) mass is 484 g/mol. The van der Waals surface area contributed by atoms with E-state index < -0.39 is 11.6 Å². The minimum Gasteiger partial charge on any atom is -0.365 e. The zero-order valence-electron chi connectivity index (χ0n) is 19.1. The number of piperazine rings is 1. The third-order valence-electron chi connectivity index (χ3n) is 6.44. The van der Waals surface area contributed by atoms with Crippen molar-refractivity contribution in [1.82, 2.24) is 19.8 Å². The van der Waals surface area contributed by atoms with Gasteiger partial charge >= 0.3 is 0 Å². The lowest BCUT2D eigenvalue weighted by Crippen LogP contribution is -2.43. The fourth-order valence-corrected chi connectivity index (χ4v) is 4.64. The lowest BCUT2D eigenvalue weighted by Gasteiger charge is -2.32. The Labute approximate surface area is 203 Å². The molecule has 6 nitrogen and oxygen atoms in total. The number of likely N-dealkylation sites (N-methyl/N-ethyl adjacent to an activating group) is 1. The molecule has 1 N–H and O–H groups in total. The first-order chi connectivity index (χ1) is 16.5. The number of aromatic nitrogens is 2. The Morgan fingerprint density at radius 1 is 1.00 bits per heavy atom. The van der Waals surface area contributed by atoms with Crippen molar-refractivity contribution in [3.05, 3.63) is 70.4 Å². The summed E-state index contributed by atoms with van der Waals surface area (Å²) in [5.74, 6) is 0.0575. The molecule has 2 aliphatic heterocycles. The van der Waals surface area contributed by atoms with Gasteiger partial charge in [0, 0.05) is 63.5 Å². The molecule has 3 aromatic rings. The van der Waals surface area contributed by atoms with Crippen LogP contribution in [-0.2, 0) is 13.1 Å². The molecule has 3 heterocycles. The van der Waals surface area contributed by atoms with Gasteiger partial charge in [0.25, 0.3) is 0 Å².